The predicted octanol–water partition coefficient (Wildman–Crippen LogP) is 5.02. The minimum atomic E-state index is -0.659. The number of thiazole rings is 1. The van der Waals surface area contributed by atoms with Crippen molar-refractivity contribution in [1.82, 2.24) is 19.9 Å². The van der Waals surface area contributed by atoms with Gasteiger partial charge in [0.25, 0.3) is 0 Å². The maximum atomic E-state index is 10.5. The molecule has 2 aliphatic carbocycles. The van der Waals surface area contributed by atoms with Crippen LogP contribution in [0.1, 0.15) is 58.6 Å². The van der Waals surface area contributed by atoms with Crippen LogP contribution in [0.15, 0.2) is 18.5 Å². The van der Waals surface area contributed by atoms with Crippen LogP contribution in [0, 0.1) is 18.3 Å². The van der Waals surface area contributed by atoms with Crippen molar-refractivity contribution in [3.8, 4) is 10.6 Å². The lowest BCUT2D eigenvalue weighted by molar-refractivity contribution is 0.0197. The first kappa shape index (κ1) is 21.5. The normalized spacial score (nSPS) is 22.3. The van der Waals surface area contributed by atoms with Gasteiger partial charge in [-0.05, 0) is 70.3 Å². The molecule has 3 aromatic heterocycles. The minimum absolute atomic E-state index is 0.268. The number of nitrogens with one attached hydrogen (secondary N) is 2. The quantitative estimate of drug-likeness (QED) is 0.463. The molecule has 7 nitrogen and oxygen atoms in total. The van der Waals surface area contributed by atoms with Crippen molar-refractivity contribution in [3.63, 3.8) is 0 Å². The van der Waals surface area contributed by atoms with Crippen LogP contribution >= 0.6 is 11.3 Å². The summed E-state index contributed by atoms with van der Waals surface area (Å²) in [6, 6.07) is 2.26. The largest absolute Gasteiger partial charge is 0.390 e. The van der Waals surface area contributed by atoms with Crippen LogP contribution in [0.4, 0.5) is 11.8 Å². The summed E-state index contributed by atoms with van der Waals surface area (Å²) >= 11 is 1.64. The summed E-state index contributed by atoms with van der Waals surface area (Å²) in [7, 11) is 0. The summed E-state index contributed by atoms with van der Waals surface area (Å²) in [5.41, 5.74) is 2.48. The number of fused-ring (bicyclic) bond motifs is 1. The summed E-state index contributed by atoms with van der Waals surface area (Å²) in [5.74, 6) is 1.78. The van der Waals surface area contributed by atoms with Gasteiger partial charge in [0.15, 0.2) is 0 Å². The molecule has 3 N–H and O–H groups in total. The Hall–Kier alpha value is -2.32. The second kappa shape index (κ2) is 7.92. The molecule has 0 spiro atoms. The fraction of sp³-hybridized carbons (Fsp3) is 0.583. The van der Waals surface area contributed by atoms with E-state index in [0.29, 0.717) is 11.4 Å². The first-order valence-electron chi connectivity index (χ1n) is 11.5. The Kier molecular flexibility index (Phi) is 5.33. The van der Waals surface area contributed by atoms with Crippen LogP contribution in [0.25, 0.3) is 20.8 Å². The number of hydrogen-bond donors (Lipinski definition) is 3. The Morgan fingerprint density at radius 1 is 1.22 bits per heavy atom. The third-order valence-electron chi connectivity index (χ3n) is 7.04. The molecular formula is C24H32N6OS. The summed E-state index contributed by atoms with van der Waals surface area (Å²) in [6.07, 6.45) is 9.06. The molecule has 2 saturated carbocycles. The van der Waals surface area contributed by atoms with Gasteiger partial charge < -0.3 is 15.7 Å². The summed E-state index contributed by atoms with van der Waals surface area (Å²) < 4.78 is 1.10. The van der Waals surface area contributed by atoms with Crippen LogP contribution in [-0.2, 0) is 0 Å². The molecular weight excluding hydrogens is 420 g/mol. The molecule has 170 valence electrons. The van der Waals surface area contributed by atoms with Crippen LogP contribution in [-0.4, -0.2) is 43.2 Å². The molecule has 8 heteroatoms. The van der Waals surface area contributed by atoms with Gasteiger partial charge in [-0.1, -0.05) is 6.92 Å². The van der Waals surface area contributed by atoms with E-state index >= 15 is 0 Å². The Morgan fingerprint density at radius 3 is 2.72 bits per heavy atom. The smallest absolute Gasteiger partial charge is 0.224 e. The number of pyridine rings is 1. The first-order valence-corrected chi connectivity index (χ1v) is 12.3. The third-order valence-corrected chi connectivity index (χ3v) is 8.10. The summed E-state index contributed by atoms with van der Waals surface area (Å²) in [4.78, 5) is 18.7. The van der Waals surface area contributed by atoms with Crippen molar-refractivity contribution in [2.45, 2.75) is 71.4 Å². The van der Waals surface area contributed by atoms with Gasteiger partial charge in [-0.2, -0.15) is 4.98 Å². The monoisotopic (exact) mass is 452 g/mol. The van der Waals surface area contributed by atoms with Gasteiger partial charge in [0.05, 0.1) is 27.8 Å². The maximum Gasteiger partial charge on any atom is 0.224 e. The van der Waals surface area contributed by atoms with Crippen LogP contribution < -0.4 is 10.6 Å². The summed E-state index contributed by atoms with van der Waals surface area (Å²) in [5, 5.41) is 18.5. The van der Waals surface area contributed by atoms with Crippen LogP contribution in [0.3, 0.4) is 0 Å². The van der Waals surface area contributed by atoms with Crippen molar-refractivity contribution >= 4 is 33.3 Å². The zero-order valence-corrected chi connectivity index (χ0v) is 20.1. The molecule has 0 saturated heterocycles. The lowest BCUT2D eigenvalue weighted by atomic mass is 9.89. The molecule has 0 bridgehead atoms. The van der Waals surface area contributed by atoms with Gasteiger partial charge in [0, 0.05) is 18.8 Å². The van der Waals surface area contributed by atoms with Crippen molar-refractivity contribution < 1.29 is 5.11 Å². The standard InChI is InChI=1S/C24H32N6OS/c1-14-19(21-29-17-12-25-10-7-18(17)32-21)20(28-16-6-5-15(11-16)23(2,3)31)30-22(27-14)26-13-24(4)8-9-24/h7,10,12,15-16,31H,5-6,8-9,11,13H2,1-4H3,(H2,26,27,28,30). The molecule has 3 heterocycles. The lowest BCUT2D eigenvalue weighted by Crippen LogP contribution is -2.30. The number of aromatic nitrogens is 4. The molecule has 0 aliphatic heterocycles. The van der Waals surface area contributed by atoms with Crippen molar-refractivity contribution in [2.24, 2.45) is 11.3 Å². The van der Waals surface area contributed by atoms with E-state index in [4.69, 9.17) is 15.0 Å². The number of anilines is 2. The second-order valence-electron chi connectivity index (χ2n) is 10.4. The van der Waals surface area contributed by atoms with Crippen molar-refractivity contribution in [1.29, 1.82) is 0 Å². The summed E-state index contributed by atoms with van der Waals surface area (Å²) in [6.45, 7) is 9.05. The van der Waals surface area contributed by atoms with E-state index in [0.717, 1.165) is 58.1 Å². The Bertz CT molecular complexity index is 1100. The van der Waals surface area contributed by atoms with Gasteiger partial charge in [0.2, 0.25) is 5.95 Å². The fourth-order valence-electron chi connectivity index (χ4n) is 4.53. The van der Waals surface area contributed by atoms with Crippen LogP contribution in [0.5, 0.6) is 0 Å². The van der Waals surface area contributed by atoms with E-state index < -0.39 is 5.60 Å². The average molecular weight is 453 g/mol. The molecule has 5 rings (SSSR count). The fourth-order valence-corrected chi connectivity index (χ4v) is 5.56. The lowest BCUT2D eigenvalue weighted by Gasteiger charge is -2.25. The van der Waals surface area contributed by atoms with Crippen molar-refractivity contribution in [2.75, 3.05) is 17.2 Å². The predicted molar refractivity (Wildman–Crippen MR) is 130 cm³/mol. The second-order valence-corrected chi connectivity index (χ2v) is 11.4. The highest BCUT2D eigenvalue weighted by Gasteiger charge is 2.37. The molecule has 0 aromatic carbocycles. The SMILES string of the molecule is Cc1nc(NCC2(C)CC2)nc(NC2CCC(C(C)(C)O)C2)c1-c1nc2cnccc2s1. The molecule has 32 heavy (non-hydrogen) atoms. The highest BCUT2D eigenvalue weighted by molar-refractivity contribution is 7.21. The molecule has 2 atom stereocenters. The van der Waals surface area contributed by atoms with E-state index in [1.54, 1.807) is 23.7 Å². The van der Waals surface area contributed by atoms with Gasteiger partial charge in [-0.25, -0.2) is 9.97 Å². The number of rotatable bonds is 7. The Labute approximate surface area is 193 Å². The number of hydrogen-bond acceptors (Lipinski definition) is 8. The molecule has 0 radical (unpaired) electrons. The Morgan fingerprint density at radius 2 is 2.03 bits per heavy atom. The molecule has 3 aromatic rings. The maximum absolute atomic E-state index is 10.5. The minimum Gasteiger partial charge on any atom is -0.390 e. The van der Waals surface area contributed by atoms with Gasteiger partial charge in [0.1, 0.15) is 16.3 Å². The third kappa shape index (κ3) is 4.43. The highest BCUT2D eigenvalue weighted by Crippen LogP contribution is 2.45. The van der Waals surface area contributed by atoms with Crippen LogP contribution in [0.2, 0.25) is 0 Å². The van der Waals surface area contributed by atoms with Gasteiger partial charge in [-0.15, -0.1) is 11.3 Å². The Balaban J connectivity index is 1.48. The molecule has 2 aliphatic rings. The van der Waals surface area contributed by atoms with Gasteiger partial charge in [-0.3, -0.25) is 4.98 Å². The molecule has 2 fully saturated rings. The topological polar surface area (TPSA) is 95.9 Å². The van der Waals surface area contributed by atoms with E-state index in [1.165, 1.54) is 12.8 Å². The average Bonchev–Trinajstić information content (AvgIpc) is 3.13. The zero-order valence-electron chi connectivity index (χ0n) is 19.3. The number of aliphatic hydroxyl groups is 1. The molecule has 2 unspecified atom stereocenters. The van der Waals surface area contributed by atoms with E-state index in [9.17, 15) is 5.11 Å². The highest BCUT2D eigenvalue weighted by atomic mass is 32.1. The first-order chi connectivity index (χ1) is 15.2. The number of aryl methyl sites for hydroxylation is 1. The number of nitrogens with zero attached hydrogens (tertiary/aromatic N) is 4. The van der Waals surface area contributed by atoms with Gasteiger partial charge >= 0.3 is 0 Å². The van der Waals surface area contributed by atoms with Crippen molar-refractivity contribution in [3.05, 3.63) is 24.2 Å². The van der Waals surface area contributed by atoms with E-state index in [1.807, 2.05) is 26.8 Å². The zero-order chi connectivity index (χ0) is 22.5. The van der Waals surface area contributed by atoms with E-state index in [2.05, 4.69) is 22.5 Å². The van der Waals surface area contributed by atoms with E-state index in [-0.39, 0.29) is 12.0 Å². The molecule has 0 amide bonds.